The lowest BCUT2D eigenvalue weighted by molar-refractivity contribution is -0.387. The summed E-state index contributed by atoms with van der Waals surface area (Å²) in [4.78, 5) is 22.4. The van der Waals surface area contributed by atoms with E-state index in [9.17, 15) is 23.7 Å². The molecule has 0 unspecified atom stereocenters. The Hall–Kier alpha value is -2.25. The van der Waals surface area contributed by atoms with E-state index in [4.69, 9.17) is 4.74 Å². The second kappa shape index (κ2) is 6.02. The van der Waals surface area contributed by atoms with Crippen molar-refractivity contribution in [2.75, 3.05) is 11.4 Å². The minimum Gasteiger partial charge on any atom is -0.443 e. The van der Waals surface area contributed by atoms with E-state index in [-0.39, 0.29) is 6.54 Å². The molecule has 0 spiro atoms. The maximum atomic E-state index is 14.1. The van der Waals surface area contributed by atoms with Crippen LogP contribution in [-0.4, -0.2) is 23.2 Å². The quantitative estimate of drug-likeness (QED) is 0.631. The SMILES string of the molecule is CCN(C(=O)OC(C)(C)C)c1c(F)ccc([N+](=O)[O-])c1F. The van der Waals surface area contributed by atoms with Crippen LogP contribution in [0.3, 0.4) is 0 Å². The molecule has 0 fully saturated rings. The molecule has 0 aliphatic rings. The zero-order chi connectivity index (χ0) is 16.4. The monoisotopic (exact) mass is 302 g/mol. The third-order valence-corrected chi connectivity index (χ3v) is 2.44. The summed E-state index contributed by atoms with van der Waals surface area (Å²) in [5.74, 6) is -2.49. The number of carbonyl (C=O) groups excluding carboxylic acids is 1. The summed E-state index contributed by atoms with van der Waals surface area (Å²) >= 11 is 0. The molecule has 0 saturated heterocycles. The molecule has 1 rings (SSSR count). The molecule has 0 aliphatic heterocycles. The number of carbonyl (C=O) groups is 1. The highest BCUT2D eigenvalue weighted by Gasteiger charge is 2.30. The molecule has 0 radical (unpaired) electrons. The molecular weight excluding hydrogens is 286 g/mol. The standard InChI is InChI=1S/C13H16F2N2O4/c1-5-16(12(18)21-13(2,3)4)11-8(14)6-7-9(10(11)15)17(19)20/h6-7H,5H2,1-4H3. The number of ether oxygens (including phenoxy) is 1. The molecule has 0 atom stereocenters. The van der Waals surface area contributed by atoms with Gasteiger partial charge in [0.2, 0.25) is 5.82 Å². The Balaban J connectivity index is 3.32. The smallest absolute Gasteiger partial charge is 0.414 e. The Bertz CT molecular complexity index is 570. The van der Waals surface area contributed by atoms with Crippen molar-refractivity contribution in [3.8, 4) is 0 Å². The molecule has 8 heteroatoms. The van der Waals surface area contributed by atoms with Gasteiger partial charge >= 0.3 is 11.8 Å². The lowest BCUT2D eigenvalue weighted by Crippen LogP contribution is -2.37. The van der Waals surface area contributed by atoms with Gasteiger partial charge in [0.25, 0.3) is 0 Å². The van der Waals surface area contributed by atoms with E-state index in [1.54, 1.807) is 20.8 Å². The number of anilines is 1. The number of nitrogens with zero attached hydrogens (tertiary/aromatic N) is 2. The Morgan fingerprint density at radius 3 is 2.38 bits per heavy atom. The van der Waals surface area contributed by atoms with Crippen molar-refractivity contribution >= 4 is 17.5 Å². The normalized spacial score (nSPS) is 11.1. The Morgan fingerprint density at radius 1 is 1.38 bits per heavy atom. The van der Waals surface area contributed by atoms with Crippen molar-refractivity contribution < 1.29 is 23.2 Å². The average molecular weight is 302 g/mol. The fourth-order valence-corrected chi connectivity index (χ4v) is 1.61. The first kappa shape index (κ1) is 16.8. The van der Waals surface area contributed by atoms with E-state index < -0.39 is 39.6 Å². The predicted molar refractivity (Wildman–Crippen MR) is 72.3 cm³/mol. The molecule has 1 amide bonds. The number of nitro groups is 1. The fourth-order valence-electron chi connectivity index (χ4n) is 1.61. The topological polar surface area (TPSA) is 72.7 Å². The van der Waals surface area contributed by atoms with E-state index in [1.807, 2.05) is 0 Å². The number of amides is 1. The van der Waals surface area contributed by atoms with Crippen molar-refractivity contribution in [1.29, 1.82) is 0 Å². The number of nitro benzene ring substituents is 1. The summed E-state index contributed by atoms with van der Waals surface area (Å²) in [6.45, 7) is 6.16. The van der Waals surface area contributed by atoms with Crippen LogP contribution in [0.15, 0.2) is 12.1 Å². The van der Waals surface area contributed by atoms with Gasteiger partial charge < -0.3 is 4.74 Å². The third-order valence-electron chi connectivity index (χ3n) is 2.44. The molecule has 1 aromatic carbocycles. The second-order valence-corrected chi connectivity index (χ2v) is 5.21. The Kier molecular flexibility index (Phi) is 4.82. The van der Waals surface area contributed by atoms with Gasteiger partial charge in [-0.25, -0.2) is 9.18 Å². The maximum Gasteiger partial charge on any atom is 0.414 e. The van der Waals surface area contributed by atoms with Crippen LogP contribution in [0.5, 0.6) is 0 Å². The molecule has 0 bridgehead atoms. The largest absolute Gasteiger partial charge is 0.443 e. The second-order valence-electron chi connectivity index (χ2n) is 5.21. The van der Waals surface area contributed by atoms with Crippen LogP contribution >= 0.6 is 0 Å². The molecule has 0 N–H and O–H groups in total. The van der Waals surface area contributed by atoms with Gasteiger partial charge in [-0.05, 0) is 33.8 Å². The van der Waals surface area contributed by atoms with Gasteiger partial charge in [-0.1, -0.05) is 0 Å². The molecule has 0 aromatic heterocycles. The summed E-state index contributed by atoms with van der Waals surface area (Å²) in [5, 5.41) is 10.7. The summed E-state index contributed by atoms with van der Waals surface area (Å²) < 4.78 is 32.9. The maximum absolute atomic E-state index is 14.1. The van der Waals surface area contributed by atoms with E-state index in [0.717, 1.165) is 6.07 Å². The van der Waals surface area contributed by atoms with Crippen LogP contribution in [0.25, 0.3) is 0 Å². The van der Waals surface area contributed by atoms with Gasteiger partial charge in [-0.2, -0.15) is 4.39 Å². The number of benzene rings is 1. The minimum absolute atomic E-state index is 0.107. The van der Waals surface area contributed by atoms with Gasteiger partial charge in [0.05, 0.1) is 4.92 Å². The molecule has 0 aliphatic carbocycles. The Morgan fingerprint density at radius 2 is 1.95 bits per heavy atom. The first-order chi connectivity index (χ1) is 9.58. The van der Waals surface area contributed by atoms with Crippen LogP contribution < -0.4 is 4.90 Å². The summed E-state index contributed by atoms with van der Waals surface area (Å²) in [5.41, 5.74) is -2.56. The zero-order valence-corrected chi connectivity index (χ0v) is 12.1. The molecule has 116 valence electrons. The lowest BCUT2D eigenvalue weighted by atomic mass is 10.2. The van der Waals surface area contributed by atoms with Gasteiger partial charge in [0, 0.05) is 12.6 Å². The number of hydrogen-bond acceptors (Lipinski definition) is 4. The highest BCUT2D eigenvalue weighted by atomic mass is 19.1. The molecule has 0 saturated carbocycles. The van der Waals surface area contributed by atoms with E-state index in [0.29, 0.717) is 11.0 Å². The van der Waals surface area contributed by atoms with Crippen LogP contribution in [0.2, 0.25) is 0 Å². The molecule has 6 nitrogen and oxygen atoms in total. The summed E-state index contributed by atoms with van der Waals surface area (Å²) in [6.07, 6.45) is -0.983. The Labute approximate surface area is 120 Å². The van der Waals surface area contributed by atoms with Crippen molar-refractivity contribution in [3.63, 3.8) is 0 Å². The van der Waals surface area contributed by atoms with Crippen LogP contribution in [-0.2, 0) is 4.74 Å². The van der Waals surface area contributed by atoms with Crippen LogP contribution in [0.4, 0.5) is 25.0 Å². The number of halogens is 2. The highest BCUT2D eigenvalue weighted by molar-refractivity contribution is 5.88. The fraction of sp³-hybridized carbons (Fsp3) is 0.462. The molecule has 0 heterocycles. The van der Waals surface area contributed by atoms with Gasteiger partial charge in [0.15, 0.2) is 5.82 Å². The van der Waals surface area contributed by atoms with E-state index >= 15 is 0 Å². The molecule has 21 heavy (non-hydrogen) atoms. The highest BCUT2D eigenvalue weighted by Crippen LogP contribution is 2.31. The first-order valence-electron chi connectivity index (χ1n) is 6.21. The molecule has 1 aromatic rings. The van der Waals surface area contributed by atoms with Crippen molar-refractivity contribution in [2.24, 2.45) is 0 Å². The first-order valence-corrected chi connectivity index (χ1v) is 6.21. The number of hydrogen-bond donors (Lipinski definition) is 0. The van der Waals surface area contributed by atoms with Crippen molar-refractivity contribution in [1.82, 2.24) is 0 Å². The van der Waals surface area contributed by atoms with Crippen LogP contribution in [0.1, 0.15) is 27.7 Å². The van der Waals surface area contributed by atoms with E-state index in [2.05, 4.69) is 0 Å². The van der Waals surface area contributed by atoms with Gasteiger partial charge in [-0.3, -0.25) is 15.0 Å². The average Bonchev–Trinajstić information content (AvgIpc) is 2.31. The number of rotatable bonds is 3. The summed E-state index contributed by atoms with van der Waals surface area (Å²) in [7, 11) is 0. The van der Waals surface area contributed by atoms with E-state index in [1.165, 1.54) is 6.92 Å². The predicted octanol–water partition coefficient (Wildman–Crippen LogP) is 3.63. The van der Waals surface area contributed by atoms with Crippen LogP contribution in [0, 0.1) is 21.7 Å². The van der Waals surface area contributed by atoms with Gasteiger partial charge in [-0.15, -0.1) is 0 Å². The van der Waals surface area contributed by atoms with Crippen molar-refractivity contribution in [3.05, 3.63) is 33.9 Å². The zero-order valence-electron chi connectivity index (χ0n) is 12.1. The lowest BCUT2D eigenvalue weighted by Gasteiger charge is -2.26. The summed E-state index contributed by atoms with van der Waals surface area (Å²) in [6, 6.07) is 1.45. The van der Waals surface area contributed by atoms with Gasteiger partial charge in [0.1, 0.15) is 11.3 Å². The minimum atomic E-state index is -1.41. The van der Waals surface area contributed by atoms with Crippen molar-refractivity contribution in [2.45, 2.75) is 33.3 Å². The molecular formula is C13H16F2N2O4. The third kappa shape index (κ3) is 3.87.